The molecule has 0 spiro atoms. The van der Waals surface area contributed by atoms with Gasteiger partial charge in [0.1, 0.15) is 0 Å². The number of alkyl halides is 1. The summed E-state index contributed by atoms with van der Waals surface area (Å²) >= 11 is 10.7. The van der Waals surface area contributed by atoms with Gasteiger partial charge in [0.05, 0.1) is 6.54 Å². The van der Waals surface area contributed by atoms with Gasteiger partial charge in [-0.15, -0.1) is 28.0 Å². The predicted octanol–water partition coefficient (Wildman–Crippen LogP) is 3.31. The maximum absolute atomic E-state index is 5.61. The molecule has 7 heteroatoms. The highest BCUT2D eigenvalue weighted by atomic mass is 79.9. The van der Waals surface area contributed by atoms with E-state index in [4.69, 9.17) is 16.0 Å². The van der Waals surface area contributed by atoms with Crippen molar-refractivity contribution >= 4 is 44.9 Å². The van der Waals surface area contributed by atoms with Gasteiger partial charge in [-0.05, 0) is 22.0 Å². The second-order valence-electron chi connectivity index (χ2n) is 3.50. The van der Waals surface area contributed by atoms with Crippen molar-refractivity contribution in [2.75, 3.05) is 17.8 Å². The largest absolute Gasteiger partial charge is 0.408 e. The third-order valence-electron chi connectivity index (χ3n) is 2.11. The van der Waals surface area contributed by atoms with E-state index < -0.39 is 0 Å². The van der Waals surface area contributed by atoms with Crippen LogP contribution in [0.4, 0.5) is 6.01 Å². The number of aryl methyl sites for hydroxylation is 1. The van der Waals surface area contributed by atoms with Crippen LogP contribution in [0.3, 0.4) is 0 Å². The van der Waals surface area contributed by atoms with Gasteiger partial charge in [-0.2, -0.15) is 0 Å². The van der Waals surface area contributed by atoms with Crippen LogP contribution in [0.15, 0.2) is 20.3 Å². The SMILES string of the molecule is CN(Cc1cc(Br)cs1)c1nnc(CCCl)o1. The third kappa shape index (κ3) is 3.43. The fourth-order valence-electron chi connectivity index (χ4n) is 1.32. The van der Waals surface area contributed by atoms with Crippen molar-refractivity contribution in [3.8, 4) is 0 Å². The summed E-state index contributed by atoms with van der Waals surface area (Å²) in [5.41, 5.74) is 0. The van der Waals surface area contributed by atoms with E-state index in [9.17, 15) is 0 Å². The normalized spacial score (nSPS) is 10.8. The molecular formula is C10H11BrClN3OS. The lowest BCUT2D eigenvalue weighted by atomic mass is 10.4. The number of nitrogens with zero attached hydrogens (tertiary/aromatic N) is 3. The van der Waals surface area contributed by atoms with Crippen molar-refractivity contribution in [2.24, 2.45) is 0 Å². The average molecular weight is 337 g/mol. The molecule has 92 valence electrons. The number of anilines is 1. The fourth-order valence-corrected chi connectivity index (χ4v) is 2.98. The molecule has 0 fully saturated rings. The molecule has 0 aliphatic carbocycles. The first-order valence-electron chi connectivity index (χ1n) is 5.01. The Bertz CT molecular complexity index is 487. The van der Waals surface area contributed by atoms with Crippen LogP contribution in [0.5, 0.6) is 0 Å². The van der Waals surface area contributed by atoms with E-state index in [0.717, 1.165) is 11.0 Å². The van der Waals surface area contributed by atoms with E-state index in [1.807, 2.05) is 11.9 Å². The molecule has 2 heterocycles. The highest BCUT2D eigenvalue weighted by molar-refractivity contribution is 9.10. The van der Waals surface area contributed by atoms with Gasteiger partial charge in [0.25, 0.3) is 0 Å². The summed E-state index contributed by atoms with van der Waals surface area (Å²) < 4.78 is 6.57. The molecule has 2 aromatic rings. The number of halogens is 2. The lowest BCUT2D eigenvalue weighted by molar-refractivity contribution is 0.495. The zero-order chi connectivity index (χ0) is 12.3. The molecule has 0 radical (unpaired) electrons. The molecule has 0 bridgehead atoms. The maximum Gasteiger partial charge on any atom is 0.318 e. The summed E-state index contributed by atoms with van der Waals surface area (Å²) in [6.07, 6.45) is 0.604. The zero-order valence-corrected chi connectivity index (χ0v) is 12.3. The molecule has 17 heavy (non-hydrogen) atoms. The molecule has 0 saturated heterocycles. The summed E-state index contributed by atoms with van der Waals surface area (Å²) in [5.74, 6) is 1.07. The first kappa shape index (κ1) is 12.9. The molecule has 2 rings (SSSR count). The molecule has 0 unspecified atom stereocenters. The Morgan fingerprint density at radius 1 is 1.53 bits per heavy atom. The second-order valence-corrected chi connectivity index (χ2v) is 5.79. The molecule has 0 N–H and O–H groups in total. The van der Waals surface area contributed by atoms with E-state index in [0.29, 0.717) is 24.2 Å². The third-order valence-corrected chi connectivity index (χ3v) is 3.98. The molecular weight excluding hydrogens is 326 g/mol. The standard InChI is InChI=1S/C10H11BrClN3OS/c1-15(5-8-4-7(11)6-17-8)10-14-13-9(16-10)2-3-12/h4,6H,2-3,5H2,1H3. The molecule has 0 saturated carbocycles. The fraction of sp³-hybridized carbons (Fsp3) is 0.400. The van der Waals surface area contributed by atoms with Gasteiger partial charge < -0.3 is 9.32 Å². The molecule has 0 aliphatic rings. The van der Waals surface area contributed by atoms with Crippen molar-refractivity contribution in [1.29, 1.82) is 0 Å². The minimum absolute atomic E-state index is 0.489. The van der Waals surface area contributed by atoms with Crippen LogP contribution >= 0.6 is 38.9 Å². The Kier molecular flexibility index (Phi) is 4.42. The van der Waals surface area contributed by atoms with Crippen LogP contribution in [0.1, 0.15) is 10.8 Å². The lowest BCUT2D eigenvalue weighted by Crippen LogP contribution is -2.15. The van der Waals surface area contributed by atoms with Crippen LogP contribution in [-0.2, 0) is 13.0 Å². The van der Waals surface area contributed by atoms with Gasteiger partial charge in [-0.25, -0.2) is 0 Å². The molecule has 2 aromatic heterocycles. The highest BCUT2D eigenvalue weighted by Gasteiger charge is 2.11. The van der Waals surface area contributed by atoms with Crippen molar-refractivity contribution in [3.05, 3.63) is 26.7 Å². The van der Waals surface area contributed by atoms with Crippen LogP contribution in [-0.4, -0.2) is 23.1 Å². The van der Waals surface area contributed by atoms with Crippen LogP contribution < -0.4 is 4.90 Å². The molecule has 0 amide bonds. The molecule has 0 atom stereocenters. The van der Waals surface area contributed by atoms with Gasteiger partial charge >= 0.3 is 6.01 Å². The molecule has 0 aliphatic heterocycles. The number of aromatic nitrogens is 2. The Hall–Kier alpha value is -0.590. The van der Waals surface area contributed by atoms with Gasteiger partial charge in [0, 0.05) is 34.1 Å². The number of thiophene rings is 1. The van der Waals surface area contributed by atoms with Gasteiger partial charge in [-0.1, -0.05) is 5.10 Å². The van der Waals surface area contributed by atoms with Crippen molar-refractivity contribution in [1.82, 2.24) is 10.2 Å². The van der Waals surface area contributed by atoms with Crippen LogP contribution in [0.25, 0.3) is 0 Å². The van der Waals surface area contributed by atoms with Crippen molar-refractivity contribution in [2.45, 2.75) is 13.0 Å². The average Bonchev–Trinajstić information content (AvgIpc) is 2.88. The van der Waals surface area contributed by atoms with E-state index in [1.165, 1.54) is 4.88 Å². The molecule has 0 aromatic carbocycles. The Balaban J connectivity index is 2.01. The zero-order valence-electron chi connectivity index (χ0n) is 9.19. The van der Waals surface area contributed by atoms with E-state index in [-0.39, 0.29) is 0 Å². The van der Waals surface area contributed by atoms with E-state index in [1.54, 1.807) is 11.3 Å². The Morgan fingerprint density at radius 2 is 2.35 bits per heavy atom. The minimum atomic E-state index is 0.489. The smallest absolute Gasteiger partial charge is 0.318 e. The topological polar surface area (TPSA) is 42.2 Å². The quantitative estimate of drug-likeness (QED) is 0.786. The Labute approximate surface area is 117 Å². The second kappa shape index (κ2) is 5.84. The summed E-state index contributed by atoms with van der Waals surface area (Å²) in [6, 6.07) is 2.60. The lowest BCUT2D eigenvalue weighted by Gasteiger charge is -2.11. The van der Waals surface area contributed by atoms with Gasteiger partial charge in [0.2, 0.25) is 5.89 Å². The Morgan fingerprint density at radius 3 is 3.00 bits per heavy atom. The maximum atomic E-state index is 5.61. The number of rotatable bonds is 5. The van der Waals surface area contributed by atoms with Gasteiger partial charge in [-0.3, -0.25) is 0 Å². The monoisotopic (exact) mass is 335 g/mol. The highest BCUT2D eigenvalue weighted by Crippen LogP contribution is 2.22. The predicted molar refractivity (Wildman–Crippen MR) is 72.8 cm³/mol. The van der Waals surface area contributed by atoms with Crippen molar-refractivity contribution < 1.29 is 4.42 Å². The summed E-state index contributed by atoms with van der Waals surface area (Å²) in [5, 5.41) is 9.96. The van der Waals surface area contributed by atoms with Crippen molar-refractivity contribution in [3.63, 3.8) is 0 Å². The van der Waals surface area contributed by atoms with Crippen LogP contribution in [0, 0.1) is 0 Å². The number of hydrogen-bond acceptors (Lipinski definition) is 5. The summed E-state index contributed by atoms with van der Waals surface area (Å²) in [7, 11) is 1.92. The number of hydrogen-bond donors (Lipinski definition) is 0. The molecule has 4 nitrogen and oxygen atoms in total. The summed E-state index contributed by atoms with van der Waals surface area (Å²) in [4.78, 5) is 3.15. The van der Waals surface area contributed by atoms with E-state index in [2.05, 4.69) is 37.6 Å². The summed E-state index contributed by atoms with van der Waals surface area (Å²) in [6.45, 7) is 0.749. The first-order valence-corrected chi connectivity index (χ1v) is 7.22. The van der Waals surface area contributed by atoms with Gasteiger partial charge in [0.15, 0.2) is 0 Å². The first-order chi connectivity index (χ1) is 8.19. The minimum Gasteiger partial charge on any atom is -0.408 e. The van der Waals surface area contributed by atoms with E-state index >= 15 is 0 Å². The van der Waals surface area contributed by atoms with Crippen LogP contribution in [0.2, 0.25) is 0 Å².